The van der Waals surface area contributed by atoms with E-state index < -0.39 is 16.6 Å². The van der Waals surface area contributed by atoms with Crippen LogP contribution in [0.3, 0.4) is 0 Å². The fourth-order valence-electron chi connectivity index (χ4n) is 3.36. The molecule has 1 spiro atoms. The van der Waals surface area contributed by atoms with E-state index in [9.17, 15) is 8.60 Å². The molecule has 2 aliphatic rings. The minimum atomic E-state index is -1.30. The molecule has 1 heterocycles. The van der Waals surface area contributed by atoms with E-state index in [0.29, 0.717) is 16.3 Å². The summed E-state index contributed by atoms with van der Waals surface area (Å²) in [5, 5.41) is 0. The standard InChI is InChI=1S/C15H20FNO2S/c16-11-3-4-13(17)14(9-11)20(18)10-12-5-8-15(19-12)6-1-2-7-15/h3-4,9,12H,1-2,5-8,10,17H2. The van der Waals surface area contributed by atoms with E-state index in [1.54, 1.807) is 0 Å². The van der Waals surface area contributed by atoms with E-state index in [0.717, 1.165) is 25.7 Å². The lowest BCUT2D eigenvalue weighted by Gasteiger charge is -2.23. The Morgan fingerprint density at radius 3 is 2.85 bits per heavy atom. The molecule has 0 amide bonds. The van der Waals surface area contributed by atoms with Crippen LogP contribution in [0.5, 0.6) is 0 Å². The van der Waals surface area contributed by atoms with Crippen molar-refractivity contribution < 1.29 is 13.3 Å². The molecule has 0 bridgehead atoms. The van der Waals surface area contributed by atoms with Gasteiger partial charge in [-0.1, -0.05) is 12.8 Å². The Labute approximate surface area is 121 Å². The molecule has 1 aromatic rings. The van der Waals surface area contributed by atoms with E-state index in [1.165, 1.54) is 31.0 Å². The number of hydrogen-bond donors (Lipinski definition) is 1. The summed E-state index contributed by atoms with van der Waals surface area (Å²) in [6.45, 7) is 0. The second-order valence-corrected chi connectivity index (χ2v) is 7.33. The van der Waals surface area contributed by atoms with Gasteiger partial charge in [0.05, 0.1) is 33.2 Å². The van der Waals surface area contributed by atoms with Crippen LogP contribution >= 0.6 is 0 Å². The predicted octanol–water partition coefficient (Wildman–Crippen LogP) is 3.01. The molecule has 2 unspecified atom stereocenters. The molecule has 1 aliphatic heterocycles. The van der Waals surface area contributed by atoms with Gasteiger partial charge in [0.25, 0.3) is 0 Å². The predicted molar refractivity (Wildman–Crippen MR) is 77.4 cm³/mol. The van der Waals surface area contributed by atoms with Gasteiger partial charge in [0.15, 0.2) is 0 Å². The Morgan fingerprint density at radius 1 is 1.35 bits per heavy atom. The highest BCUT2D eigenvalue weighted by Gasteiger charge is 2.42. The second-order valence-electron chi connectivity index (χ2n) is 5.86. The summed E-state index contributed by atoms with van der Waals surface area (Å²) < 4.78 is 31.7. The van der Waals surface area contributed by atoms with E-state index >= 15 is 0 Å². The summed E-state index contributed by atoms with van der Waals surface area (Å²) in [5.74, 6) is 0.0113. The Hall–Kier alpha value is -0.940. The summed E-state index contributed by atoms with van der Waals surface area (Å²) in [6, 6.07) is 4.03. The SMILES string of the molecule is Nc1ccc(F)cc1S(=O)CC1CCC2(CCCC2)O1. The third-order valence-electron chi connectivity index (χ3n) is 4.41. The number of nitrogens with two attached hydrogens (primary N) is 1. The average molecular weight is 297 g/mol. The Kier molecular flexibility index (Phi) is 3.82. The molecule has 5 heteroatoms. The first-order valence-electron chi connectivity index (χ1n) is 7.19. The van der Waals surface area contributed by atoms with Crippen LogP contribution in [0.25, 0.3) is 0 Å². The van der Waals surface area contributed by atoms with Crippen LogP contribution in [-0.2, 0) is 15.5 Å². The summed E-state index contributed by atoms with van der Waals surface area (Å²) in [6.07, 6.45) is 6.72. The molecule has 2 fully saturated rings. The zero-order valence-electron chi connectivity index (χ0n) is 11.4. The molecule has 20 heavy (non-hydrogen) atoms. The van der Waals surface area contributed by atoms with Gasteiger partial charge in [0.2, 0.25) is 0 Å². The van der Waals surface area contributed by atoms with Crippen molar-refractivity contribution in [3.05, 3.63) is 24.0 Å². The largest absolute Gasteiger partial charge is 0.398 e. The fraction of sp³-hybridized carbons (Fsp3) is 0.600. The molecular formula is C15H20FNO2S. The third kappa shape index (κ3) is 2.74. The molecule has 1 saturated heterocycles. The van der Waals surface area contributed by atoms with Crippen molar-refractivity contribution >= 4 is 16.5 Å². The molecular weight excluding hydrogens is 277 g/mol. The molecule has 0 aromatic heterocycles. The van der Waals surface area contributed by atoms with Gasteiger partial charge in [-0.2, -0.15) is 0 Å². The number of anilines is 1. The zero-order valence-corrected chi connectivity index (χ0v) is 12.3. The van der Waals surface area contributed by atoms with Gasteiger partial charge in [-0.15, -0.1) is 0 Å². The van der Waals surface area contributed by atoms with Crippen LogP contribution < -0.4 is 5.73 Å². The summed E-state index contributed by atoms with van der Waals surface area (Å²) in [7, 11) is -1.30. The lowest BCUT2D eigenvalue weighted by Crippen LogP contribution is -2.27. The monoisotopic (exact) mass is 297 g/mol. The first-order chi connectivity index (χ1) is 9.58. The Balaban J connectivity index is 1.66. The van der Waals surface area contributed by atoms with Crippen LogP contribution in [0.15, 0.2) is 23.1 Å². The van der Waals surface area contributed by atoms with E-state index in [2.05, 4.69) is 0 Å². The van der Waals surface area contributed by atoms with Crippen molar-refractivity contribution in [3.63, 3.8) is 0 Å². The Morgan fingerprint density at radius 2 is 2.10 bits per heavy atom. The highest BCUT2D eigenvalue weighted by molar-refractivity contribution is 7.85. The third-order valence-corrected chi connectivity index (χ3v) is 5.93. The van der Waals surface area contributed by atoms with Gasteiger partial charge < -0.3 is 10.5 Å². The van der Waals surface area contributed by atoms with Gasteiger partial charge >= 0.3 is 0 Å². The first-order valence-corrected chi connectivity index (χ1v) is 8.51. The molecule has 1 aromatic carbocycles. The van der Waals surface area contributed by atoms with Crippen LogP contribution in [0.1, 0.15) is 38.5 Å². The minimum Gasteiger partial charge on any atom is -0.398 e. The van der Waals surface area contributed by atoms with Crippen LogP contribution in [0.4, 0.5) is 10.1 Å². The van der Waals surface area contributed by atoms with Crippen molar-refractivity contribution in [1.29, 1.82) is 0 Å². The van der Waals surface area contributed by atoms with Crippen molar-refractivity contribution in [2.75, 3.05) is 11.5 Å². The maximum Gasteiger partial charge on any atom is 0.124 e. The number of rotatable bonds is 3. The smallest absolute Gasteiger partial charge is 0.124 e. The quantitative estimate of drug-likeness (QED) is 0.873. The van der Waals surface area contributed by atoms with Crippen molar-refractivity contribution in [1.82, 2.24) is 0 Å². The van der Waals surface area contributed by atoms with Crippen LogP contribution in [0.2, 0.25) is 0 Å². The Bertz CT molecular complexity index is 529. The summed E-state index contributed by atoms with van der Waals surface area (Å²) in [4.78, 5) is 0.390. The minimum absolute atomic E-state index is 0.0107. The van der Waals surface area contributed by atoms with Gasteiger partial charge in [-0.3, -0.25) is 4.21 Å². The highest BCUT2D eigenvalue weighted by Crippen LogP contribution is 2.43. The van der Waals surface area contributed by atoms with E-state index in [-0.39, 0.29) is 11.7 Å². The molecule has 1 saturated carbocycles. The van der Waals surface area contributed by atoms with Gasteiger partial charge in [-0.25, -0.2) is 4.39 Å². The van der Waals surface area contributed by atoms with Crippen molar-refractivity contribution in [2.45, 2.75) is 55.1 Å². The normalized spacial score (nSPS) is 26.1. The topological polar surface area (TPSA) is 52.3 Å². The number of ether oxygens (including phenoxy) is 1. The van der Waals surface area contributed by atoms with Crippen molar-refractivity contribution in [2.24, 2.45) is 0 Å². The number of halogens is 1. The van der Waals surface area contributed by atoms with Crippen LogP contribution in [0, 0.1) is 5.82 Å². The molecule has 3 nitrogen and oxygen atoms in total. The average Bonchev–Trinajstić information content (AvgIpc) is 3.03. The number of benzene rings is 1. The zero-order chi connectivity index (χ0) is 14.2. The molecule has 2 N–H and O–H groups in total. The molecule has 1 aliphatic carbocycles. The van der Waals surface area contributed by atoms with E-state index in [4.69, 9.17) is 10.5 Å². The highest BCUT2D eigenvalue weighted by atomic mass is 32.2. The summed E-state index contributed by atoms with van der Waals surface area (Å²) in [5.41, 5.74) is 6.21. The van der Waals surface area contributed by atoms with Gasteiger partial charge in [0, 0.05) is 5.69 Å². The number of hydrogen-bond acceptors (Lipinski definition) is 3. The maximum absolute atomic E-state index is 13.2. The van der Waals surface area contributed by atoms with Crippen LogP contribution in [-0.4, -0.2) is 21.7 Å². The fourth-order valence-corrected chi connectivity index (χ4v) is 4.69. The van der Waals surface area contributed by atoms with E-state index in [1.807, 2.05) is 0 Å². The lowest BCUT2D eigenvalue weighted by atomic mass is 9.98. The molecule has 2 atom stereocenters. The van der Waals surface area contributed by atoms with Crippen molar-refractivity contribution in [3.8, 4) is 0 Å². The second kappa shape index (κ2) is 5.45. The summed E-state index contributed by atoms with van der Waals surface area (Å²) >= 11 is 0. The number of nitrogen functional groups attached to an aromatic ring is 1. The van der Waals surface area contributed by atoms with Gasteiger partial charge in [-0.05, 0) is 43.9 Å². The lowest BCUT2D eigenvalue weighted by molar-refractivity contribution is -0.0270. The first kappa shape index (κ1) is 14.0. The maximum atomic E-state index is 13.2. The molecule has 0 radical (unpaired) electrons. The van der Waals surface area contributed by atoms with Gasteiger partial charge in [0.1, 0.15) is 5.82 Å². The molecule has 3 rings (SSSR count). The molecule has 110 valence electrons.